The van der Waals surface area contributed by atoms with E-state index in [9.17, 15) is 26.4 Å². The third-order valence-electron chi connectivity index (χ3n) is 5.85. The van der Waals surface area contributed by atoms with E-state index in [1.165, 1.54) is 24.4 Å². The Balaban J connectivity index is 1.31. The number of carbonyl (C=O) groups excluding carboxylic acids is 1. The number of halogens is 3. The predicted molar refractivity (Wildman–Crippen MR) is 131 cm³/mol. The van der Waals surface area contributed by atoms with E-state index in [2.05, 4.69) is 25.6 Å². The van der Waals surface area contributed by atoms with Crippen LogP contribution in [0, 0.1) is 5.82 Å². The number of fused-ring (bicyclic) bond motifs is 1. The summed E-state index contributed by atoms with van der Waals surface area (Å²) in [6, 6.07) is 10.8. The lowest BCUT2D eigenvalue weighted by Crippen LogP contribution is -2.50. The zero-order valence-electron chi connectivity index (χ0n) is 19.6. The van der Waals surface area contributed by atoms with Gasteiger partial charge in [0.1, 0.15) is 6.10 Å². The van der Waals surface area contributed by atoms with Crippen LogP contribution in [0.2, 0.25) is 0 Å². The van der Waals surface area contributed by atoms with Crippen LogP contribution in [0.25, 0.3) is 22.2 Å². The van der Waals surface area contributed by atoms with Gasteiger partial charge >= 0.3 is 5.76 Å². The van der Waals surface area contributed by atoms with E-state index in [1.807, 2.05) is 0 Å². The highest BCUT2D eigenvalue weighted by Gasteiger charge is 2.27. The van der Waals surface area contributed by atoms with Crippen LogP contribution >= 0.6 is 0 Å². The van der Waals surface area contributed by atoms with Crippen molar-refractivity contribution >= 4 is 26.6 Å². The van der Waals surface area contributed by atoms with Crippen molar-refractivity contribution in [2.75, 3.05) is 13.1 Å². The van der Waals surface area contributed by atoms with Crippen LogP contribution in [0.3, 0.4) is 0 Å². The number of sulfone groups is 1. The van der Waals surface area contributed by atoms with Crippen molar-refractivity contribution in [3.05, 3.63) is 78.0 Å². The highest BCUT2D eigenvalue weighted by molar-refractivity contribution is 7.91. The van der Waals surface area contributed by atoms with Crippen LogP contribution < -0.4 is 15.4 Å². The maximum atomic E-state index is 14.5. The number of carbonyl (C=O) groups is 1. The van der Waals surface area contributed by atoms with Gasteiger partial charge in [-0.2, -0.15) is 8.78 Å². The van der Waals surface area contributed by atoms with Gasteiger partial charge in [0.05, 0.1) is 28.3 Å². The molecule has 5 rings (SSSR count). The summed E-state index contributed by atoms with van der Waals surface area (Å²) in [6.07, 6.45) is 2.93. The summed E-state index contributed by atoms with van der Waals surface area (Å²) < 4.78 is 69.1. The number of pyridine rings is 3. The minimum Gasteiger partial charge on any atom is -0.470 e. The van der Waals surface area contributed by atoms with Gasteiger partial charge in [0, 0.05) is 42.0 Å². The van der Waals surface area contributed by atoms with Gasteiger partial charge in [0.2, 0.25) is 9.84 Å². The number of benzene rings is 1. The first-order valence-electron chi connectivity index (χ1n) is 11.4. The summed E-state index contributed by atoms with van der Waals surface area (Å²) in [5.74, 6) is -4.93. The Morgan fingerprint density at radius 3 is 2.63 bits per heavy atom. The molecule has 1 saturated heterocycles. The van der Waals surface area contributed by atoms with E-state index in [0.29, 0.717) is 40.9 Å². The molecule has 0 radical (unpaired) electrons. The average Bonchev–Trinajstić information content (AvgIpc) is 2.89. The minimum atomic E-state index is -4.83. The van der Waals surface area contributed by atoms with Gasteiger partial charge in [-0.3, -0.25) is 9.78 Å². The molecule has 0 saturated carbocycles. The maximum Gasteiger partial charge on any atom is 0.341 e. The molecule has 1 aliphatic heterocycles. The van der Waals surface area contributed by atoms with E-state index < -0.39 is 32.2 Å². The van der Waals surface area contributed by atoms with Crippen molar-refractivity contribution in [2.45, 2.75) is 23.3 Å². The van der Waals surface area contributed by atoms with Gasteiger partial charge in [-0.25, -0.2) is 22.8 Å². The van der Waals surface area contributed by atoms with Crippen LogP contribution in [0.1, 0.15) is 16.1 Å². The number of hydrogen-bond donors (Lipinski definition) is 2. The van der Waals surface area contributed by atoms with E-state index in [0.717, 1.165) is 12.1 Å². The van der Waals surface area contributed by atoms with Crippen molar-refractivity contribution in [3.63, 3.8) is 0 Å². The van der Waals surface area contributed by atoms with Crippen molar-refractivity contribution < 1.29 is 31.1 Å². The standard InChI is InChI=1S/C25H20F3N5O4S/c26-20-7-16(10-32-24(20)37-18-12-29-13-18)21-5-4-15-9-30-17(8-22(15)33-21)11-31-23(34)14-2-1-3-19(6-14)38(35,36)25(27)28/h1-10,18,25,29H,11-13H2,(H,31,34). The number of rotatable bonds is 8. The van der Waals surface area contributed by atoms with E-state index >= 15 is 0 Å². The lowest BCUT2D eigenvalue weighted by molar-refractivity contribution is 0.0950. The fraction of sp³-hybridized carbons (Fsp3) is 0.200. The highest BCUT2D eigenvalue weighted by Crippen LogP contribution is 2.25. The first kappa shape index (κ1) is 25.5. The summed E-state index contributed by atoms with van der Waals surface area (Å²) in [5, 5.41) is 6.33. The second kappa shape index (κ2) is 10.3. The second-order valence-corrected chi connectivity index (χ2v) is 10.4. The number of nitrogens with one attached hydrogen (secondary N) is 2. The molecule has 0 aliphatic carbocycles. The molecule has 1 fully saturated rings. The van der Waals surface area contributed by atoms with Gasteiger partial charge in [0.15, 0.2) is 5.82 Å². The molecule has 9 nitrogen and oxygen atoms in total. The summed E-state index contributed by atoms with van der Waals surface area (Å²) in [6.45, 7) is 1.24. The highest BCUT2D eigenvalue weighted by atomic mass is 32.2. The topological polar surface area (TPSA) is 123 Å². The quantitative estimate of drug-likeness (QED) is 0.348. The largest absolute Gasteiger partial charge is 0.470 e. The van der Waals surface area contributed by atoms with E-state index in [1.54, 1.807) is 24.4 Å². The molecule has 2 N–H and O–H groups in total. The molecule has 0 atom stereocenters. The first-order valence-corrected chi connectivity index (χ1v) is 12.9. The van der Waals surface area contributed by atoms with Gasteiger partial charge in [-0.15, -0.1) is 0 Å². The second-order valence-electron chi connectivity index (χ2n) is 8.49. The number of nitrogens with zero attached hydrogens (tertiary/aromatic N) is 3. The van der Waals surface area contributed by atoms with Gasteiger partial charge in [-0.05, 0) is 42.5 Å². The lowest BCUT2D eigenvalue weighted by atomic mass is 10.1. The molecule has 1 amide bonds. The number of hydrogen-bond acceptors (Lipinski definition) is 8. The smallest absolute Gasteiger partial charge is 0.341 e. The normalized spacial score (nSPS) is 13.9. The average molecular weight is 544 g/mol. The summed E-state index contributed by atoms with van der Waals surface area (Å²) in [5.41, 5.74) is 1.80. The molecular formula is C25H20F3N5O4S. The van der Waals surface area contributed by atoms with Crippen molar-refractivity contribution in [1.29, 1.82) is 0 Å². The number of amides is 1. The van der Waals surface area contributed by atoms with E-state index in [-0.39, 0.29) is 24.1 Å². The van der Waals surface area contributed by atoms with E-state index in [4.69, 9.17) is 4.74 Å². The first-order chi connectivity index (χ1) is 18.2. The van der Waals surface area contributed by atoms with Crippen LogP contribution in [-0.2, 0) is 16.4 Å². The fourth-order valence-electron chi connectivity index (χ4n) is 3.66. The number of ether oxygens (including phenoxy) is 1. The molecule has 1 aliphatic rings. The zero-order valence-corrected chi connectivity index (χ0v) is 20.4. The molecule has 38 heavy (non-hydrogen) atoms. The summed E-state index contributed by atoms with van der Waals surface area (Å²) in [7, 11) is -4.83. The molecule has 4 aromatic rings. The van der Waals surface area contributed by atoms with Crippen molar-refractivity contribution in [1.82, 2.24) is 25.6 Å². The van der Waals surface area contributed by atoms with Crippen LogP contribution in [0.4, 0.5) is 13.2 Å². The fourth-order valence-corrected chi connectivity index (χ4v) is 4.43. The zero-order chi connectivity index (χ0) is 26.9. The Labute approximate surface area is 215 Å². The van der Waals surface area contributed by atoms with Crippen molar-refractivity contribution in [2.24, 2.45) is 0 Å². The minimum absolute atomic E-state index is 0.0370. The van der Waals surface area contributed by atoms with Gasteiger partial charge < -0.3 is 15.4 Å². The lowest BCUT2D eigenvalue weighted by Gasteiger charge is -2.27. The third kappa shape index (κ3) is 5.29. The molecule has 4 heterocycles. The van der Waals surface area contributed by atoms with Gasteiger partial charge in [-0.1, -0.05) is 6.07 Å². The molecule has 1 aromatic carbocycles. The Morgan fingerprint density at radius 2 is 1.92 bits per heavy atom. The van der Waals surface area contributed by atoms with Crippen LogP contribution in [-0.4, -0.2) is 54.2 Å². The SMILES string of the molecule is O=C(NCc1cc2nc(-c3cnc(OC4CNC4)c(F)c3)ccc2cn1)c1cccc(S(=O)(=O)C(F)F)c1. The summed E-state index contributed by atoms with van der Waals surface area (Å²) in [4.78, 5) is 24.8. The Kier molecular flexibility index (Phi) is 6.95. The number of alkyl halides is 2. The van der Waals surface area contributed by atoms with Crippen molar-refractivity contribution in [3.8, 4) is 17.1 Å². The molecule has 0 bridgehead atoms. The molecular weight excluding hydrogens is 523 g/mol. The Bertz CT molecular complexity index is 1630. The van der Waals surface area contributed by atoms with Gasteiger partial charge in [0.25, 0.3) is 11.8 Å². The van der Waals surface area contributed by atoms with Crippen LogP contribution in [0.15, 0.2) is 65.8 Å². The maximum absolute atomic E-state index is 14.5. The molecule has 0 unspecified atom stereocenters. The summed E-state index contributed by atoms with van der Waals surface area (Å²) >= 11 is 0. The predicted octanol–water partition coefficient (Wildman–Crippen LogP) is 3.11. The van der Waals surface area contributed by atoms with Crippen LogP contribution in [0.5, 0.6) is 5.88 Å². The molecule has 196 valence electrons. The Hall–Kier alpha value is -4.10. The molecule has 0 spiro atoms. The Morgan fingerprint density at radius 1 is 1.11 bits per heavy atom. The monoisotopic (exact) mass is 543 g/mol. The molecule has 13 heteroatoms. The molecule has 3 aromatic heterocycles. The third-order valence-corrected chi connectivity index (χ3v) is 7.23. The number of aromatic nitrogens is 3.